The summed E-state index contributed by atoms with van der Waals surface area (Å²) in [5.41, 5.74) is 4.08. The lowest BCUT2D eigenvalue weighted by atomic mass is 10.0. The molecule has 5 nitrogen and oxygen atoms in total. The van der Waals surface area contributed by atoms with Gasteiger partial charge in [-0.15, -0.1) is 10.2 Å². The van der Waals surface area contributed by atoms with Gasteiger partial charge in [-0.25, -0.2) is 0 Å². The summed E-state index contributed by atoms with van der Waals surface area (Å²) in [6, 6.07) is 13.8. The second-order valence-corrected chi connectivity index (χ2v) is 7.93. The molecular weight excluding hydrogens is 372 g/mol. The fourth-order valence-corrected chi connectivity index (χ4v) is 3.30. The number of hydrogen-bond acceptors (Lipinski definition) is 6. The lowest BCUT2D eigenvalue weighted by molar-refractivity contribution is 0.102. The first-order chi connectivity index (χ1) is 13.4. The van der Waals surface area contributed by atoms with E-state index in [1.807, 2.05) is 56.3 Å². The maximum atomic E-state index is 12.4. The van der Waals surface area contributed by atoms with Crippen LogP contribution < -0.4 is 4.74 Å². The van der Waals surface area contributed by atoms with Crippen LogP contribution in [-0.4, -0.2) is 21.7 Å². The molecule has 1 heterocycles. The molecule has 0 N–H and O–H groups in total. The first-order valence-corrected chi connectivity index (χ1v) is 10.2. The number of Topliss-reactive ketones (excluding diaryl/α,β-unsaturated/α-hetero) is 1. The number of carbonyl (C=O) groups is 1. The van der Waals surface area contributed by atoms with E-state index in [0.29, 0.717) is 22.6 Å². The molecule has 0 fully saturated rings. The summed E-state index contributed by atoms with van der Waals surface area (Å²) in [4.78, 5) is 12.4. The van der Waals surface area contributed by atoms with Gasteiger partial charge in [0.2, 0.25) is 0 Å². The summed E-state index contributed by atoms with van der Waals surface area (Å²) < 4.78 is 11.3. The molecule has 0 saturated carbocycles. The van der Waals surface area contributed by atoms with Crippen LogP contribution >= 0.6 is 11.8 Å². The van der Waals surface area contributed by atoms with Crippen LogP contribution in [0.1, 0.15) is 52.7 Å². The Kier molecular flexibility index (Phi) is 6.52. The monoisotopic (exact) mass is 396 g/mol. The van der Waals surface area contributed by atoms with E-state index in [-0.39, 0.29) is 18.1 Å². The number of rotatable bonds is 8. The Labute approximate surface area is 169 Å². The number of nitrogens with zero attached hydrogens (tertiary/aromatic N) is 2. The molecule has 0 atom stereocenters. The lowest BCUT2D eigenvalue weighted by Crippen LogP contribution is -2.02. The van der Waals surface area contributed by atoms with Crippen molar-refractivity contribution in [3.63, 3.8) is 0 Å². The molecule has 0 amide bonds. The predicted octanol–water partition coefficient (Wildman–Crippen LogP) is 5.36. The average molecular weight is 397 g/mol. The highest BCUT2D eigenvalue weighted by molar-refractivity contribution is 7.99. The molecule has 0 saturated heterocycles. The third kappa shape index (κ3) is 5.23. The van der Waals surface area contributed by atoms with Gasteiger partial charge in [-0.05, 0) is 42.5 Å². The Hall–Kier alpha value is -2.60. The van der Waals surface area contributed by atoms with Crippen LogP contribution in [0.5, 0.6) is 5.75 Å². The molecule has 0 radical (unpaired) electrons. The van der Waals surface area contributed by atoms with E-state index < -0.39 is 0 Å². The van der Waals surface area contributed by atoms with Crippen molar-refractivity contribution in [2.24, 2.45) is 0 Å². The molecule has 0 spiro atoms. The first-order valence-electron chi connectivity index (χ1n) is 9.21. The number of thioether (sulfide) groups is 1. The Balaban J connectivity index is 1.53. The molecule has 0 aliphatic heterocycles. The lowest BCUT2D eigenvalue weighted by Gasteiger charge is -2.07. The number of benzene rings is 2. The van der Waals surface area contributed by atoms with Gasteiger partial charge in [-0.1, -0.05) is 62.0 Å². The zero-order valence-corrected chi connectivity index (χ0v) is 17.4. The third-order valence-corrected chi connectivity index (χ3v) is 5.19. The highest BCUT2D eigenvalue weighted by Gasteiger charge is 2.12. The van der Waals surface area contributed by atoms with E-state index in [1.54, 1.807) is 0 Å². The standard InChI is InChI=1S/C22H24N2O3S/c1-14(2)17-7-9-18(10-8-17)19(25)13-28-22-24-23-21(27-22)12-26-20-11-15(3)5-6-16(20)4/h5-11,14H,12-13H2,1-4H3. The van der Waals surface area contributed by atoms with Crippen molar-refractivity contribution >= 4 is 17.5 Å². The Bertz CT molecular complexity index is 949. The molecule has 6 heteroatoms. The number of aryl methyl sites for hydroxylation is 2. The summed E-state index contributed by atoms with van der Waals surface area (Å²) in [6.45, 7) is 8.46. The van der Waals surface area contributed by atoms with Crippen LogP contribution in [-0.2, 0) is 6.61 Å². The van der Waals surface area contributed by atoms with Crippen LogP contribution in [0.25, 0.3) is 0 Å². The largest absolute Gasteiger partial charge is 0.484 e. The molecule has 0 unspecified atom stereocenters. The van der Waals surface area contributed by atoms with E-state index in [0.717, 1.165) is 16.9 Å². The normalized spacial score (nSPS) is 11.0. The zero-order valence-electron chi connectivity index (χ0n) is 16.6. The minimum atomic E-state index is 0.0340. The van der Waals surface area contributed by atoms with Crippen LogP contribution in [0.4, 0.5) is 0 Å². The molecular formula is C22H24N2O3S. The predicted molar refractivity (Wildman–Crippen MR) is 110 cm³/mol. The fourth-order valence-electron chi connectivity index (χ4n) is 2.62. The van der Waals surface area contributed by atoms with Gasteiger partial charge in [0.05, 0.1) is 5.75 Å². The molecule has 0 bridgehead atoms. The summed E-state index contributed by atoms with van der Waals surface area (Å²) in [6.07, 6.45) is 0. The molecule has 2 aromatic carbocycles. The number of ether oxygens (including phenoxy) is 1. The van der Waals surface area contributed by atoms with Crippen molar-refractivity contribution in [2.75, 3.05) is 5.75 Å². The van der Waals surface area contributed by atoms with Crippen molar-refractivity contribution < 1.29 is 13.9 Å². The number of ketones is 1. The van der Waals surface area contributed by atoms with Gasteiger partial charge in [-0.3, -0.25) is 4.79 Å². The minimum Gasteiger partial charge on any atom is -0.484 e. The van der Waals surface area contributed by atoms with Gasteiger partial charge in [0, 0.05) is 5.56 Å². The van der Waals surface area contributed by atoms with Crippen LogP contribution in [0.15, 0.2) is 52.1 Å². The first kappa shape index (κ1) is 20.1. The maximum absolute atomic E-state index is 12.4. The van der Waals surface area contributed by atoms with Crippen molar-refractivity contribution in [3.05, 3.63) is 70.6 Å². The van der Waals surface area contributed by atoms with Crippen molar-refractivity contribution in [3.8, 4) is 5.75 Å². The molecule has 0 aliphatic rings. The van der Waals surface area contributed by atoms with E-state index in [4.69, 9.17) is 9.15 Å². The van der Waals surface area contributed by atoms with Gasteiger partial charge in [-0.2, -0.15) is 0 Å². The summed E-state index contributed by atoms with van der Waals surface area (Å²) in [7, 11) is 0. The van der Waals surface area contributed by atoms with E-state index >= 15 is 0 Å². The molecule has 1 aromatic heterocycles. The van der Waals surface area contributed by atoms with Gasteiger partial charge in [0.15, 0.2) is 12.4 Å². The highest BCUT2D eigenvalue weighted by Crippen LogP contribution is 2.22. The molecule has 0 aliphatic carbocycles. The quantitative estimate of drug-likeness (QED) is 0.377. The van der Waals surface area contributed by atoms with E-state index in [9.17, 15) is 4.79 Å². The SMILES string of the molecule is Cc1ccc(C)c(OCc2nnc(SCC(=O)c3ccc(C(C)C)cc3)o2)c1. The third-order valence-electron chi connectivity index (χ3n) is 4.37. The molecule has 146 valence electrons. The van der Waals surface area contributed by atoms with E-state index in [2.05, 4.69) is 24.0 Å². The Morgan fingerprint density at radius 2 is 1.86 bits per heavy atom. The van der Waals surface area contributed by atoms with Crippen molar-refractivity contribution in [1.29, 1.82) is 0 Å². The highest BCUT2D eigenvalue weighted by atomic mass is 32.2. The van der Waals surface area contributed by atoms with Crippen molar-refractivity contribution in [2.45, 2.75) is 45.4 Å². The number of hydrogen-bond donors (Lipinski definition) is 0. The fraction of sp³-hybridized carbons (Fsp3) is 0.318. The minimum absolute atomic E-state index is 0.0340. The Morgan fingerprint density at radius 3 is 2.57 bits per heavy atom. The van der Waals surface area contributed by atoms with Gasteiger partial charge in [0.1, 0.15) is 5.75 Å². The van der Waals surface area contributed by atoms with Crippen molar-refractivity contribution in [1.82, 2.24) is 10.2 Å². The Morgan fingerprint density at radius 1 is 1.11 bits per heavy atom. The molecule has 28 heavy (non-hydrogen) atoms. The topological polar surface area (TPSA) is 65.2 Å². The van der Waals surface area contributed by atoms with Crippen LogP contribution in [0, 0.1) is 13.8 Å². The van der Waals surface area contributed by atoms with Gasteiger partial charge < -0.3 is 9.15 Å². The number of carbonyl (C=O) groups excluding carboxylic acids is 1. The van der Waals surface area contributed by atoms with Gasteiger partial charge in [0.25, 0.3) is 11.1 Å². The second kappa shape index (κ2) is 9.06. The van der Waals surface area contributed by atoms with Crippen LogP contribution in [0.2, 0.25) is 0 Å². The van der Waals surface area contributed by atoms with Gasteiger partial charge >= 0.3 is 0 Å². The van der Waals surface area contributed by atoms with E-state index in [1.165, 1.54) is 17.3 Å². The molecule has 3 rings (SSSR count). The summed E-state index contributed by atoms with van der Waals surface area (Å²) in [5.74, 6) is 1.91. The summed E-state index contributed by atoms with van der Waals surface area (Å²) >= 11 is 1.24. The second-order valence-electron chi connectivity index (χ2n) is 7.01. The maximum Gasteiger partial charge on any atom is 0.277 e. The smallest absolute Gasteiger partial charge is 0.277 e. The number of aromatic nitrogens is 2. The average Bonchev–Trinajstić information content (AvgIpc) is 3.14. The zero-order chi connectivity index (χ0) is 20.1. The molecule has 3 aromatic rings. The summed E-state index contributed by atoms with van der Waals surface area (Å²) in [5, 5.41) is 8.34. The van der Waals surface area contributed by atoms with Crippen LogP contribution in [0.3, 0.4) is 0 Å².